The summed E-state index contributed by atoms with van der Waals surface area (Å²) >= 11 is 0. The number of nitrogens with one attached hydrogen (secondary N) is 2. The number of fused-ring (bicyclic) bond motifs is 1. The zero-order valence-electron chi connectivity index (χ0n) is 18.8. The van der Waals surface area contributed by atoms with Crippen molar-refractivity contribution in [1.29, 1.82) is 0 Å². The molecule has 0 saturated heterocycles. The topological polar surface area (TPSA) is 70.9 Å². The Morgan fingerprint density at radius 2 is 1.21 bits per heavy atom. The highest BCUT2D eigenvalue weighted by Gasteiger charge is 2.39. The van der Waals surface area contributed by atoms with Crippen LogP contribution in [0.5, 0.6) is 0 Å². The zero-order valence-corrected chi connectivity index (χ0v) is 18.8. The van der Waals surface area contributed by atoms with Crippen LogP contribution in [-0.4, -0.2) is 16.9 Å². The number of carbonyl (C=O) groups excluding carboxylic acids is 1. The standard InChI is InChI=1S/C30H27N3O/c31-29(34)28(20-22-21-32-27-19-11-10-18-26(22)27)33-30(23-12-4-1-5-13-23,24-14-6-2-7-15-24)25-16-8-3-9-17-25/h1-19,21,28,32-33H,20H2,(H2,31,34)/t28-/m1/s1. The maximum absolute atomic E-state index is 12.9. The number of benzene rings is 4. The maximum Gasteiger partial charge on any atom is 0.234 e. The summed E-state index contributed by atoms with van der Waals surface area (Å²) < 4.78 is 0. The first-order valence-corrected chi connectivity index (χ1v) is 11.5. The Bertz CT molecular complexity index is 1280. The van der Waals surface area contributed by atoms with E-state index in [1.165, 1.54) is 0 Å². The maximum atomic E-state index is 12.9. The van der Waals surface area contributed by atoms with Gasteiger partial charge in [-0.05, 0) is 34.7 Å². The van der Waals surface area contributed by atoms with Crippen LogP contribution < -0.4 is 11.1 Å². The van der Waals surface area contributed by atoms with Gasteiger partial charge in [-0.3, -0.25) is 10.1 Å². The van der Waals surface area contributed by atoms with E-state index in [9.17, 15) is 4.79 Å². The van der Waals surface area contributed by atoms with E-state index in [4.69, 9.17) is 5.73 Å². The van der Waals surface area contributed by atoms with Crippen molar-refractivity contribution in [3.63, 3.8) is 0 Å². The molecule has 0 spiro atoms. The number of aromatic nitrogens is 1. The van der Waals surface area contributed by atoms with Gasteiger partial charge in [-0.25, -0.2) is 0 Å². The third-order valence-electron chi connectivity index (χ3n) is 6.45. The van der Waals surface area contributed by atoms with Crippen LogP contribution in [0, 0.1) is 0 Å². The van der Waals surface area contributed by atoms with Crippen molar-refractivity contribution in [3.8, 4) is 0 Å². The van der Waals surface area contributed by atoms with Crippen molar-refractivity contribution >= 4 is 16.8 Å². The van der Waals surface area contributed by atoms with Gasteiger partial charge in [0.25, 0.3) is 0 Å². The van der Waals surface area contributed by atoms with Crippen LogP contribution in [0.2, 0.25) is 0 Å². The molecular formula is C30H27N3O. The molecule has 5 rings (SSSR count). The second-order valence-corrected chi connectivity index (χ2v) is 8.51. The van der Waals surface area contributed by atoms with Crippen LogP contribution in [0.4, 0.5) is 0 Å². The SMILES string of the molecule is NC(=O)[C@@H](Cc1c[nH]c2ccccc12)NC(c1ccccc1)(c1ccccc1)c1ccccc1. The van der Waals surface area contributed by atoms with Gasteiger partial charge >= 0.3 is 0 Å². The average Bonchev–Trinajstić information content (AvgIpc) is 3.31. The van der Waals surface area contributed by atoms with Gasteiger partial charge in [0.15, 0.2) is 0 Å². The minimum absolute atomic E-state index is 0.391. The number of rotatable bonds is 8. The van der Waals surface area contributed by atoms with Gasteiger partial charge in [-0.1, -0.05) is 109 Å². The molecule has 0 aliphatic carbocycles. The number of hydrogen-bond donors (Lipinski definition) is 3. The lowest BCUT2D eigenvalue weighted by molar-refractivity contribution is -0.120. The van der Waals surface area contributed by atoms with Gasteiger partial charge in [-0.15, -0.1) is 0 Å². The van der Waals surface area contributed by atoms with Gasteiger partial charge in [0, 0.05) is 17.1 Å². The van der Waals surface area contributed by atoms with E-state index in [-0.39, 0.29) is 0 Å². The second kappa shape index (κ2) is 9.38. The molecule has 0 aliphatic heterocycles. The molecule has 1 heterocycles. The van der Waals surface area contributed by atoms with Crippen LogP contribution >= 0.6 is 0 Å². The average molecular weight is 446 g/mol. The van der Waals surface area contributed by atoms with Crippen molar-refractivity contribution in [2.75, 3.05) is 0 Å². The summed E-state index contributed by atoms with van der Waals surface area (Å²) in [5, 5.41) is 4.83. The van der Waals surface area contributed by atoms with E-state index in [0.29, 0.717) is 6.42 Å². The fourth-order valence-corrected chi connectivity index (χ4v) is 4.82. The number of nitrogens with two attached hydrogens (primary N) is 1. The first-order valence-electron chi connectivity index (χ1n) is 11.5. The van der Waals surface area contributed by atoms with Crippen molar-refractivity contribution in [2.24, 2.45) is 5.73 Å². The monoisotopic (exact) mass is 445 g/mol. The molecule has 0 fully saturated rings. The number of carbonyl (C=O) groups is 1. The number of hydrogen-bond acceptors (Lipinski definition) is 2. The first-order chi connectivity index (χ1) is 16.7. The molecule has 0 unspecified atom stereocenters. The summed E-state index contributed by atoms with van der Waals surface area (Å²) in [6.07, 6.45) is 2.44. The smallest absolute Gasteiger partial charge is 0.234 e. The van der Waals surface area contributed by atoms with Crippen molar-refractivity contribution < 1.29 is 4.79 Å². The van der Waals surface area contributed by atoms with Crippen molar-refractivity contribution in [3.05, 3.63) is 144 Å². The van der Waals surface area contributed by atoms with E-state index in [2.05, 4.69) is 52.8 Å². The Morgan fingerprint density at radius 1 is 0.735 bits per heavy atom. The van der Waals surface area contributed by atoms with Gasteiger partial charge in [0.05, 0.1) is 11.6 Å². The Labute approximate surface area is 199 Å². The lowest BCUT2D eigenvalue weighted by atomic mass is 9.76. The number of para-hydroxylation sites is 1. The number of H-pyrrole nitrogens is 1. The van der Waals surface area contributed by atoms with Crippen LogP contribution in [0.3, 0.4) is 0 Å². The fourth-order valence-electron chi connectivity index (χ4n) is 4.82. The lowest BCUT2D eigenvalue weighted by Gasteiger charge is -2.39. The summed E-state index contributed by atoms with van der Waals surface area (Å²) in [5.74, 6) is -0.391. The molecule has 4 nitrogen and oxygen atoms in total. The fraction of sp³-hybridized carbons (Fsp3) is 0.100. The van der Waals surface area contributed by atoms with Crippen LogP contribution in [0.25, 0.3) is 10.9 Å². The van der Waals surface area contributed by atoms with E-state index >= 15 is 0 Å². The summed E-state index contributed by atoms with van der Waals surface area (Å²) in [7, 11) is 0. The Kier molecular flexibility index (Phi) is 5.98. The molecule has 34 heavy (non-hydrogen) atoms. The molecule has 1 amide bonds. The minimum atomic E-state index is -0.768. The highest BCUT2D eigenvalue weighted by atomic mass is 16.1. The van der Waals surface area contributed by atoms with E-state index in [0.717, 1.165) is 33.2 Å². The zero-order chi connectivity index (χ0) is 23.4. The number of aromatic amines is 1. The molecule has 1 atom stereocenters. The largest absolute Gasteiger partial charge is 0.368 e. The first kappa shape index (κ1) is 21.7. The summed E-state index contributed by atoms with van der Waals surface area (Å²) in [4.78, 5) is 16.2. The molecule has 0 aliphatic rings. The summed E-state index contributed by atoms with van der Waals surface area (Å²) in [6, 6.07) is 38.2. The van der Waals surface area contributed by atoms with E-state index in [1.54, 1.807) is 0 Å². The normalized spacial score (nSPS) is 12.5. The molecule has 5 aromatic rings. The predicted octanol–water partition coefficient (Wildman–Crippen LogP) is 5.15. The van der Waals surface area contributed by atoms with Crippen molar-refractivity contribution in [1.82, 2.24) is 10.3 Å². The summed E-state index contributed by atoms with van der Waals surface area (Å²) in [5.41, 5.74) is 10.5. The van der Waals surface area contributed by atoms with Gasteiger partial charge < -0.3 is 10.7 Å². The Morgan fingerprint density at radius 3 is 1.71 bits per heavy atom. The quantitative estimate of drug-likeness (QED) is 0.289. The highest BCUT2D eigenvalue weighted by Crippen LogP contribution is 2.37. The third kappa shape index (κ3) is 4.00. The molecule has 1 aromatic heterocycles. The molecule has 0 bridgehead atoms. The Balaban J connectivity index is 1.67. The molecule has 4 aromatic carbocycles. The van der Waals surface area contributed by atoms with Gasteiger partial charge in [-0.2, -0.15) is 0 Å². The predicted molar refractivity (Wildman–Crippen MR) is 137 cm³/mol. The lowest BCUT2D eigenvalue weighted by Crippen LogP contribution is -2.55. The van der Waals surface area contributed by atoms with Gasteiger partial charge in [0.2, 0.25) is 5.91 Å². The van der Waals surface area contributed by atoms with Crippen LogP contribution in [0.15, 0.2) is 121 Å². The Hall–Kier alpha value is -4.15. The van der Waals surface area contributed by atoms with Gasteiger partial charge in [0.1, 0.15) is 0 Å². The molecule has 168 valence electrons. The number of primary amides is 1. The van der Waals surface area contributed by atoms with Crippen LogP contribution in [-0.2, 0) is 16.8 Å². The van der Waals surface area contributed by atoms with E-state index in [1.807, 2.05) is 79.0 Å². The molecule has 0 radical (unpaired) electrons. The molecular weight excluding hydrogens is 418 g/mol. The molecule has 4 heteroatoms. The second-order valence-electron chi connectivity index (χ2n) is 8.51. The summed E-state index contributed by atoms with van der Waals surface area (Å²) in [6.45, 7) is 0. The molecule has 0 saturated carbocycles. The minimum Gasteiger partial charge on any atom is -0.368 e. The van der Waals surface area contributed by atoms with Crippen LogP contribution in [0.1, 0.15) is 22.3 Å². The third-order valence-corrected chi connectivity index (χ3v) is 6.45. The van der Waals surface area contributed by atoms with Crippen molar-refractivity contribution in [2.45, 2.75) is 18.0 Å². The molecule has 4 N–H and O–H groups in total. The van der Waals surface area contributed by atoms with E-state index < -0.39 is 17.5 Å². The highest BCUT2D eigenvalue weighted by molar-refractivity contribution is 5.85. The number of amides is 1.